The molecule has 0 atom stereocenters. The van der Waals surface area contributed by atoms with Gasteiger partial charge in [-0.15, -0.1) is 0 Å². The average molecular weight is 469 g/mol. The fourth-order valence-corrected chi connectivity index (χ4v) is 9.69. The molecule has 0 amide bonds. The molecule has 4 aromatic carbocycles. The van der Waals surface area contributed by atoms with E-state index in [4.69, 9.17) is 0 Å². The van der Waals surface area contributed by atoms with E-state index in [0.29, 0.717) is 0 Å². The molecule has 0 saturated carbocycles. The number of benzene rings is 4. The first-order valence-corrected chi connectivity index (χ1v) is 13.6. The van der Waals surface area contributed by atoms with Gasteiger partial charge in [-0.2, -0.15) is 0 Å². The first kappa shape index (κ1) is 21.1. The number of nitrogens with zero attached hydrogens (tertiary/aromatic N) is 4. The number of aromatic nitrogens is 4. The molecule has 0 spiro atoms. The molecule has 6 rings (SSSR count). The van der Waals surface area contributed by atoms with Gasteiger partial charge >= 0.3 is 0 Å². The van der Waals surface area contributed by atoms with Crippen LogP contribution in [0.1, 0.15) is 0 Å². The van der Waals surface area contributed by atoms with Gasteiger partial charge in [-0.1, -0.05) is 84.9 Å². The van der Waals surface area contributed by atoms with Crippen LogP contribution >= 0.6 is 0 Å². The highest BCUT2D eigenvalue weighted by Gasteiger charge is 2.41. The smallest absolute Gasteiger partial charge is 0.179 e. The molecule has 0 unspecified atom stereocenters. The third-order valence-electron chi connectivity index (χ3n) is 6.62. The number of hydrogen-bond donors (Lipinski definition) is 0. The number of imidazole rings is 2. The maximum absolute atomic E-state index is 4.21. The molecule has 2 heterocycles. The van der Waals surface area contributed by atoms with Gasteiger partial charge in [0.1, 0.15) is 0 Å². The molecule has 0 aliphatic rings. The monoisotopic (exact) mass is 468 g/mol. The van der Waals surface area contributed by atoms with Crippen LogP contribution in [-0.4, -0.2) is 27.2 Å². The summed E-state index contributed by atoms with van der Waals surface area (Å²) in [6.07, 6.45) is 11.2. The standard InChI is InChI=1S/C30H24N4Si/c1-3-7-27(8-4-1)35(28-9-5-2-6-10-28,29-15-11-25(12-16-29)33-21-19-31-23-33)30-17-13-26(14-18-30)34-22-20-32-24-34/h1-24H. The lowest BCUT2D eigenvalue weighted by molar-refractivity contribution is 1.06. The Labute approximate surface area is 205 Å². The minimum atomic E-state index is -2.57. The van der Waals surface area contributed by atoms with E-state index in [0.717, 1.165) is 11.4 Å². The van der Waals surface area contributed by atoms with Gasteiger partial charge < -0.3 is 9.13 Å². The summed E-state index contributed by atoms with van der Waals surface area (Å²) in [6, 6.07) is 39.9. The maximum Gasteiger partial charge on any atom is 0.179 e. The summed E-state index contributed by atoms with van der Waals surface area (Å²) in [6.45, 7) is 0. The Bertz CT molecular complexity index is 1370. The van der Waals surface area contributed by atoms with Crippen LogP contribution in [0.2, 0.25) is 0 Å². The normalized spacial score (nSPS) is 11.4. The highest BCUT2D eigenvalue weighted by atomic mass is 28.3. The van der Waals surface area contributed by atoms with Crippen LogP contribution in [0.25, 0.3) is 11.4 Å². The van der Waals surface area contributed by atoms with Crippen molar-refractivity contribution in [2.24, 2.45) is 0 Å². The van der Waals surface area contributed by atoms with Gasteiger partial charge in [0.05, 0.1) is 12.7 Å². The lowest BCUT2D eigenvalue weighted by atomic mass is 10.3. The van der Waals surface area contributed by atoms with Crippen molar-refractivity contribution in [2.75, 3.05) is 0 Å². The second kappa shape index (κ2) is 9.04. The van der Waals surface area contributed by atoms with Crippen LogP contribution in [0.4, 0.5) is 0 Å². The van der Waals surface area contributed by atoms with Gasteiger partial charge in [-0.25, -0.2) is 9.97 Å². The van der Waals surface area contributed by atoms with E-state index >= 15 is 0 Å². The fourth-order valence-electron chi connectivity index (χ4n) is 4.97. The fraction of sp³-hybridized carbons (Fsp3) is 0. The largest absolute Gasteiger partial charge is 0.306 e. The maximum atomic E-state index is 4.21. The van der Waals surface area contributed by atoms with E-state index in [1.807, 2.05) is 46.6 Å². The first-order valence-electron chi connectivity index (χ1n) is 11.6. The molecule has 168 valence electrons. The summed E-state index contributed by atoms with van der Waals surface area (Å²) in [5.41, 5.74) is 2.21. The van der Waals surface area contributed by atoms with Crippen molar-refractivity contribution in [3.05, 3.63) is 147 Å². The molecule has 0 fully saturated rings. The third-order valence-corrected chi connectivity index (χ3v) is 11.4. The van der Waals surface area contributed by atoms with Crippen LogP contribution in [0.15, 0.2) is 147 Å². The number of hydrogen-bond acceptors (Lipinski definition) is 2. The van der Waals surface area contributed by atoms with Crippen molar-refractivity contribution >= 4 is 28.8 Å². The van der Waals surface area contributed by atoms with Crippen molar-refractivity contribution in [3.63, 3.8) is 0 Å². The Hall–Kier alpha value is -4.48. The zero-order valence-electron chi connectivity index (χ0n) is 19.1. The van der Waals surface area contributed by atoms with Gasteiger partial charge in [-0.05, 0) is 45.0 Å². The molecular weight excluding hydrogens is 444 g/mol. The topological polar surface area (TPSA) is 35.6 Å². The van der Waals surface area contributed by atoms with Gasteiger partial charge in [-0.3, -0.25) is 0 Å². The molecule has 2 aromatic heterocycles. The minimum absolute atomic E-state index is 1.10. The van der Waals surface area contributed by atoms with Crippen molar-refractivity contribution in [3.8, 4) is 11.4 Å². The van der Waals surface area contributed by atoms with Crippen molar-refractivity contribution in [1.82, 2.24) is 19.1 Å². The van der Waals surface area contributed by atoms with Gasteiger partial charge in [0.2, 0.25) is 0 Å². The highest BCUT2D eigenvalue weighted by Crippen LogP contribution is 2.14. The van der Waals surface area contributed by atoms with E-state index in [2.05, 4.69) is 119 Å². The predicted molar refractivity (Wildman–Crippen MR) is 144 cm³/mol. The Morgan fingerprint density at radius 1 is 0.429 bits per heavy atom. The van der Waals surface area contributed by atoms with Crippen LogP contribution in [0, 0.1) is 0 Å². The molecule has 6 aromatic rings. The summed E-state index contributed by atoms with van der Waals surface area (Å²) >= 11 is 0. The van der Waals surface area contributed by atoms with Gasteiger partial charge in [0.25, 0.3) is 0 Å². The Balaban J connectivity index is 1.59. The molecule has 0 aliphatic heterocycles. The second-order valence-electron chi connectivity index (χ2n) is 8.52. The quantitative estimate of drug-likeness (QED) is 0.277. The van der Waals surface area contributed by atoms with E-state index in [1.165, 1.54) is 20.7 Å². The summed E-state index contributed by atoms with van der Waals surface area (Å²) < 4.78 is 4.08. The average Bonchev–Trinajstić information content (AvgIpc) is 3.67. The summed E-state index contributed by atoms with van der Waals surface area (Å²) in [4.78, 5) is 8.41. The van der Waals surface area contributed by atoms with Crippen LogP contribution in [0.5, 0.6) is 0 Å². The third kappa shape index (κ3) is 3.72. The molecule has 0 saturated heterocycles. The highest BCUT2D eigenvalue weighted by molar-refractivity contribution is 7.19. The van der Waals surface area contributed by atoms with E-state index in [1.54, 1.807) is 0 Å². The molecule has 35 heavy (non-hydrogen) atoms. The summed E-state index contributed by atoms with van der Waals surface area (Å²) in [5, 5.41) is 5.40. The predicted octanol–water partition coefficient (Wildman–Crippen LogP) is 3.44. The molecule has 0 aliphatic carbocycles. The Morgan fingerprint density at radius 2 is 0.800 bits per heavy atom. The lowest BCUT2D eigenvalue weighted by Gasteiger charge is -2.34. The summed E-state index contributed by atoms with van der Waals surface area (Å²) in [5.74, 6) is 0. The SMILES string of the molecule is c1ccc([Si](c2ccccc2)(c2ccc(-n3ccnc3)cc2)c2ccc(-n3ccnc3)cc2)cc1. The second-order valence-corrected chi connectivity index (χ2v) is 12.3. The van der Waals surface area contributed by atoms with Crippen molar-refractivity contribution < 1.29 is 0 Å². The van der Waals surface area contributed by atoms with Crippen LogP contribution in [-0.2, 0) is 0 Å². The molecule has 0 radical (unpaired) electrons. The van der Waals surface area contributed by atoms with Gasteiger partial charge in [0, 0.05) is 36.2 Å². The van der Waals surface area contributed by atoms with E-state index in [9.17, 15) is 0 Å². The van der Waals surface area contributed by atoms with Crippen LogP contribution < -0.4 is 20.7 Å². The molecule has 0 N–H and O–H groups in total. The lowest BCUT2D eigenvalue weighted by Crippen LogP contribution is -2.74. The van der Waals surface area contributed by atoms with Crippen LogP contribution in [0.3, 0.4) is 0 Å². The number of rotatable bonds is 6. The zero-order valence-corrected chi connectivity index (χ0v) is 20.1. The minimum Gasteiger partial charge on any atom is -0.306 e. The zero-order chi connectivity index (χ0) is 23.5. The molecule has 5 heteroatoms. The Kier molecular flexibility index (Phi) is 5.45. The molecule has 0 bridgehead atoms. The van der Waals surface area contributed by atoms with Gasteiger partial charge in [0.15, 0.2) is 8.07 Å². The van der Waals surface area contributed by atoms with Crippen molar-refractivity contribution in [2.45, 2.75) is 0 Å². The van der Waals surface area contributed by atoms with E-state index < -0.39 is 8.07 Å². The summed E-state index contributed by atoms with van der Waals surface area (Å²) in [7, 11) is -2.57. The molecule has 4 nitrogen and oxygen atoms in total. The van der Waals surface area contributed by atoms with Crippen molar-refractivity contribution in [1.29, 1.82) is 0 Å². The molecular formula is C30H24N4Si. The first-order chi connectivity index (χ1) is 17.4. The van der Waals surface area contributed by atoms with E-state index in [-0.39, 0.29) is 0 Å². The Morgan fingerprint density at radius 3 is 1.14 bits per heavy atom.